The van der Waals surface area contributed by atoms with Gasteiger partial charge >= 0.3 is 5.69 Å². The molecule has 0 atom stereocenters. The van der Waals surface area contributed by atoms with Gasteiger partial charge in [0.05, 0.1) is 12.8 Å². The van der Waals surface area contributed by atoms with Crippen molar-refractivity contribution >= 4 is 12.2 Å². The van der Waals surface area contributed by atoms with Crippen LogP contribution in [-0.2, 0) is 0 Å². The molecule has 1 heterocycles. The Morgan fingerprint density at radius 3 is 2.46 bits per heavy atom. The van der Waals surface area contributed by atoms with Crippen LogP contribution >= 0.6 is 0 Å². The third-order valence-corrected chi connectivity index (χ3v) is 3.72. The number of para-hydroxylation sites is 2. The van der Waals surface area contributed by atoms with Crippen LogP contribution in [0.15, 0.2) is 69.9 Å². The molecule has 0 saturated heterocycles. The summed E-state index contributed by atoms with van der Waals surface area (Å²) in [5.41, 5.74) is 2.51. The molecule has 0 amide bonds. The minimum atomic E-state index is -0.763. The van der Waals surface area contributed by atoms with Crippen molar-refractivity contribution in [1.29, 1.82) is 0 Å². The maximum Gasteiger partial charge on any atom is 0.335 e. The summed E-state index contributed by atoms with van der Waals surface area (Å²) in [6.07, 6.45) is 2.99. The lowest BCUT2D eigenvalue weighted by Crippen LogP contribution is -2.30. The van der Waals surface area contributed by atoms with Gasteiger partial charge in [-0.3, -0.25) is 9.78 Å². The molecule has 0 aliphatic carbocycles. The van der Waals surface area contributed by atoms with Crippen molar-refractivity contribution in [3.05, 3.63) is 92.3 Å². The van der Waals surface area contributed by atoms with Crippen LogP contribution in [0.3, 0.4) is 0 Å². The molecule has 0 unspecified atom stereocenters. The first-order chi connectivity index (χ1) is 12.6. The van der Waals surface area contributed by atoms with Gasteiger partial charge in [0.2, 0.25) is 5.88 Å². The zero-order valence-electron chi connectivity index (χ0n) is 14.0. The van der Waals surface area contributed by atoms with Gasteiger partial charge in [-0.15, -0.1) is 5.73 Å². The second-order valence-electron chi connectivity index (χ2n) is 5.37. The Morgan fingerprint density at radius 1 is 1.04 bits per heavy atom. The number of aromatic nitrogens is 2. The highest BCUT2D eigenvalue weighted by Gasteiger charge is 2.16. The molecule has 0 radical (unpaired) electrons. The van der Waals surface area contributed by atoms with Crippen molar-refractivity contribution < 1.29 is 9.84 Å². The van der Waals surface area contributed by atoms with E-state index in [2.05, 4.69) is 10.7 Å². The van der Waals surface area contributed by atoms with E-state index in [4.69, 9.17) is 4.74 Å². The Hall–Kier alpha value is -3.76. The van der Waals surface area contributed by atoms with Crippen LogP contribution in [0.25, 0.3) is 17.8 Å². The third-order valence-electron chi connectivity index (χ3n) is 3.72. The highest BCUT2D eigenvalue weighted by Crippen LogP contribution is 2.25. The summed E-state index contributed by atoms with van der Waals surface area (Å²) in [7, 11) is 1.45. The van der Waals surface area contributed by atoms with Gasteiger partial charge in [0, 0.05) is 0 Å². The molecule has 0 aliphatic heterocycles. The average molecular weight is 348 g/mol. The molecular formula is C20H16N2O4. The fourth-order valence-electron chi connectivity index (χ4n) is 2.48. The van der Waals surface area contributed by atoms with Gasteiger partial charge in [0.25, 0.3) is 5.56 Å². The Balaban J connectivity index is 2.15. The van der Waals surface area contributed by atoms with Crippen molar-refractivity contribution in [3.63, 3.8) is 0 Å². The van der Waals surface area contributed by atoms with Crippen molar-refractivity contribution in [2.75, 3.05) is 7.11 Å². The summed E-state index contributed by atoms with van der Waals surface area (Å²) in [5.74, 6) is -0.107. The van der Waals surface area contributed by atoms with Crippen LogP contribution in [0, 0.1) is 0 Å². The number of methoxy groups -OCH3 is 1. The summed E-state index contributed by atoms with van der Waals surface area (Å²) >= 11 is 0. The Morgan fingerprint density at radius 2 is 1.73 bits per heavy atom. The summed E-state index contributed by atoms with van der Waals surface area (Å²) in [4.78, 5) is 26.5. The van der Waals surface area contributed by atoms with Gasteiger partial charge < -0.3 is 9.84 Å². The number of aromatic hydroxyl groups is 1. The molecule has 130 valence electrons. The van der Waals surface area contributed by atoms with Crippen LogP contribution in [0.4, 0.5) is 0 Å². The Kier molecular flexibility index (Phi) is 4.87. The highest BCUT2D eigenvalue weighted by atomic mass is 16.5. The second-order valence-corrected chi connectivity index (χ2v) is 5.37. The number of rotatable bonds is 4. The number of hydrogen-bond acceptors (Lipinski definition) is 4. The fourth-order valence-corrected chi connectivity index (χ4v) is 2.48. The molecule has 3 rings (SSSR count). The minimum absolute atomic E-state index is 0.0808. The van der Waals surface area contributed by atoms with Crippen molar-refractivity contribution in [3.8, 4) is 17.3 Å². The van der Waals surface area contributed by atoms with E-state index in [0.717, 1.165) is 10.1 Å². The molecule has 6 heteroatoms. The van der Waals surface area contributed by atoms with Crippen LogP contribution in [0.1, 0.15) is 11.1 Å². The van der Waals surface area contributed by atoms with E-state index in [1.165, 1.54) is 13.2 Å². The predicted octanol–water partition coefficient (Wildman–Crippen LogP) is 2.57. The number of hydrogen-bond donors (Lipinski definition) is 2. The largest absolute Gasteiger partial charge is 0.495 e. The van der Waals surface area contributed by atoms with Crippen molar-refractivity contribution in [1.82, 2.24) is 9.55 Å². The number of nitrogens with zero attached hydrogens (tertiary/aromatic N) is 1. The van der Waals surface area contributed by atoms with Crippen molar-refractivity contribution in [2.45, 2.75) is 0 Å². The van der Waals surface area contributed by atoms with Gasteiger partial charge in [-0.1, -0.05) is 42.5 Å². The lowest BCUT2D eigenvalue weighted by atomic mass is 10.2. The maximum atomic E-state index is 12.2. The molecule has 0 spiro atoms. The normalized spacial score (nSPS) is 10.0. The topological polar surface area (TPSA) is 84.3 Å². The number of aromatic amines is 1. The molecule has 3 aromatic rings. The van der Waals surface area contributed by atoms with E-state index in [1.807, 2.05) is 30.3 Å². The Labute approximate surface area is 149 Å². The van der Waals surface area contributed by atoms with Crippen LogP contribution in [-0.4, -0.2) is 21.8 Å². The lowest BCUT2D eigenvalue weighted by molar-refractivity contribution is 0.401. The first-order valence-corrected chi connectivity index (χ1v) is 7.81. The van der Waals surface area contributed by atoms with E-state index in [1.54, 1.807) is 30.3 Å². The lowest BCUT2D eigenvalue weighted by Gasteiger charge is -2.12. The third kappa shape index (κ3) is 3.36. The van der Waals surface area contributed by atoms with Gasteiger partial charge in [-0.2, -0.15) is 0 Å². The smallest absolute Gasteiger partial charge is 0.335 e. The predicted molar refractivity (Wildman–Crippen MR) is 99.8 cm³/mol. The second kappa shape index (κ2) is 7.42. The van der Waals surface area contributed by atoms with E-state index < -0.39 is 17.1 Å². The van der Waals surface area contributed by atoms with Crippen LogP contribution in [0.2, 0.25) is 0 Å². The number of nitrogens with one attached hydrogen (secondary N) is 1. The van der Waals surface area contributed by atoms with E-state index in [0.29, 0.717) is 11.4 Å². The summed E-state index contributed by atoms with van der Waals surface area (Å²) in [5, 5.41) is 10.5. The summed E-state index contributed by atoms with van der Waals surface area (Å²) in [6, 6.07) is 16.1. The first kappa shape index (κ1) is 17.1. The average Bonchev–Trinajstić information content (AvgIpc) is 2.65. The van der Waals surface area contributed by atoms with Crippen LogP contribution in [0.5, 0.6) is 11.6 Å². The van der Waals surface area contributed by atoms with Gasteiger partial charge in [0.15, 0.2) is 0 Å². The first-order valence-electron chi connectivity index (χ1n) is 7.81. The maximum absolute atomic E-state index is 12.2. The fraction of sp³-hybridized carbons (Fsp3) is 0.0500. The Bertz CT molecular complexity index is 1100. The van der Waals surface area contributed by atoms with Gasteiger partial charge in [-0.25, -0.2) is 9.36 Å². The molecule has 6 nitrogen and oxygen atoms in total. The monoisotopic (exact) mass is 348 g/mol. The molecule has 0 fully saturated rings. The van der Waals surface area contributed by atoms with E-state index in [9.17, 15) is 14.7 Å². The molecule has 2 aromatic carbocycles. The van der Waals surface area contributed by atoms with E-state index in [-0.39, 0.29) is 5.56 Å². The molecule has 0 bridgehead atoms. The zero-order chi connectivity index (χ0) is 18.5. The van der Waals surface area contributed by atoms with E-state index >= 15 is 0 Å². The minimum Gasteiger partial charge on any atom is -0.495 e. The van der Waals surface area contributed by atoms with Crippen molar-refractivity contribution in [2.24, 2.45) is 0 Å². The molecule has 26 heavy (non-hydrogen) atoms. The highest BCUT2D eigenvalue weighted by molar-refractivity contribution is 5.61. The van der Waals surface area contributed by atoms with Crippen LogP contribution < -0.4 is 16.0 Å². The van der Waals surface area contributed by atoms with Gasteiger partial charge in [0.1, 0.15) is 11.3 Å². The molecule has 2 N–H and O–H groups in total. The number of ether oxygens (including phenoxy) is 1. The number of benzene rings is 2. The SMILES string of the molecule is COc1ccccc1-n1c(O)c(C=C=Cc2ccccc2)c(=O)[nH]c1=O. The quantitative estimate of drug-likeness (QED) is 0.710. The summed E-state index contributed by atoms with van der Waals surface area (Å²) in [6.45, 7) is 0. The molecule has 0 saturated carbocycles. The molecular weight excluding hydrogens is 332 g/mol. The standard InChI is InChI=1S/C20H16N2O4/c1-26-17-13-6-5-12-16(17)22-19(24)15(18(23)21-20(22)25)11-7-10-14-8-3-2-4-9-14/h2-6,8-13,24H,1H3,(H,21,23,25). The number of H-pyrrole nitrogens is 1. The van der Waals surface area contributed by atoms with Gasteiger partial charge in [-0.05, 0) is 29.8 Å². The molecule has 0 aliphatic rings. The summed E-state index contributed by atoms with van der Waals surface area (Å²) < 4.78 is 6.21. The zero-order valence-corrected chi connectivity index (χ0v) is 14.0. The molecule has 1 aromatic heterocycles.